The molecule has 0 saturated carbocycles. The van der Waals surface area contributed by atoms with Crippen LogP contribution in [-0.4, -0.2) is 50.5 Å². The van der Waals surface area contributed by atoms with Gasteiger partial charge in [-0.2, -0.15) is 5.10 Å². The largest absolute Gasteiger partial charge is 0.493 e. The van der Waals surface area contributed by atoms with E-state index in [1.54, 1.807) is 32.0 Å². The van der Waals surface area contributed by atoms with Crippen molar-refractivity contribution in [2.24, 2.45) is 5.10 Å². The normalized spacial score (nSPS) is 15.7. The van der Waals surface area contributed by atoms with Crippen molar-refractivity contribution in [1.82, 2.24) is 16.1 Å². The number of benzene rings is 2. The molecule has 208 valence electrons. The Morgan fingerprint density at radius 3 is 2.54 bits per heavy atom. The van der Waals surface area contributed by atoms with E-state index in [2.05, 4.69) is 28.1 Å². The van der Waals surface area contributed by atoms with Gasteiger partial charge in [-0.15, -0.1) is 0 Å². The molecule has 3 N–H and O–H groups in total. The summed E-state index contributed by atoms with van der Waals surface area (Å²) in [5.74, 6) is 0.375. The summed E-state index contributed by atoms with van der Waals surface area (Å²) in [6, 6.07) is 11.1. The molecule has 39 heavy (non-hydrogen) atoms. The lowest BCUT2D eigenvalue weighted by Gasteiger charge is -2.28. The SMILES string of the molecule is CCOC(=O)C1=C(C)NC(=O)N[C@@H]1c1ccc(OCC(=O)N/N=C\c2ccc(O[C@@H](C)CC)cc2)c(OC)c1. The molecule has 0 radical (unpaired) electrons. The minimum atomic E-state index is -0.756. The van der Waals surface area contributed by atoms with Crippen LogP contribution in [0, 0.1) is 0 Å². The Kier molecular flexibility index (Phi) is 10.3. The molecule has 0 aliphatic carbocycles. The number of carbonyl (C=O) groups excluding carboxylic acids is 3. The zero-order chi connectivity index (χ0) is 28.4. The van der Waals surface area contributed by atoms with Crippen LogP contribution in [-0.2, 0) is 14.3 Å². The molecule has 11 heteroatoms. The van der Waals surface area contributed by atoms with Crippen LogP contribution in [0.25, 0.3) is 0 Å². The van der Waals surface area contributed by atoms with Crippen molar-refractivity contribution >= 4 is 24.1 Å². The Morgan fingerprint density at radius 2 is 1.87 bits per heavy atom. The van der Waals surface area contributed by atoms with Crippen LogP contribution >= 0.6 is 0 Å². The van der Waals surface area contributed by atoms with Crippen LogP contribution in [0.3, 0.4) is 0 Å². The van der Waals surface area contributed by atoms with Crippen LogP contribution in [0.2, 0.25) is 0 Å². The first kappa shape index (κ1) is 29.0. The summed E-state index contributed by atoms with van der Waals surface area (Å²) < 4.78 is 22.0. The number of methoxy groups -OCH3 is 1. The average Bonchev–Trinajstić information content (AvgIpc) is 2.92. The lowest BCUT2D eigenvalue weighted by atomic mass is 9.95. The third-order valence-electron chi connectivity index (χ3n) is 5.84. The second-order valence-electron chi connectivity index (χ2n) is 8.69. The zero-order valence-corrected chi connectivity index (χ0v) is 22.7. The molecule has 0 bridgehead atoms. The van der Waals surface area contributed by atoms with Gasteiger partial charge in [0.15, 0.2) is 18.1 Å². The van der Waals surface area contributed by atoms with Gasteiger partial charge < -0.3 is 29.6 Å². The van der Waals surface area contributed by atoms with Gasteiger partial charge in [-0.05, 0) is 74.7 Å². The molecular weight excluding hydrogens is 504 g/mol. The molecule has 11 nitrogen and oxygen atoms in total. The first-order chi connectivity index (χ1) is 18.7. The maximum Gasteiger partial charge on any atom is 0.338 e. The quantitative estimate of drug-likeness (QED) is 0.213. The monoisotopic (exact) mass is 538 g/mol. The number of ether oxygens (including phenoxy) is 4. The lowest BCUT2D eigenvalue weighted by Crippen LogP contribution is -2.45. The van der Waals surface area contributed by atoms with Gasteiger partial charge in [0, 0.05) is 5.70 Å². The molecule has 2 atom stereocenters. The van der Waals surface area contributed by atoms with Crippen LogP contribution in [0.1, 0.15) is 51.3 Å². The fourth-order valence-electron chi connectivity index (χ4n) is 3.71. The molecule has 2 aromatic rings. The van der Waals surface area contributed by atoms with Crippen molar-refractivity contribution in [3.8, 4) is 17.2 Å². The number of urea groups is 1. The molecule has 1 aliphatic heterocycles. The predicted molar refractivity (Wildman–Crippen MR) is 145 cm³/mol. The first-order valence-corrected chi connectivity index (χ1v) is 12.6. The van der Waals surface area contributed by atoms with Crippen molar-refractivity contribution < 1.29 is 33.3 Å². The van der Waals surface area contributed by atoms with Gasteiger partial charge in [0.1, 0.15) is 5.75 Å². The van der Waals surface area contributed by atoms with E-state index in [0.717, 1.165) is 17.7 Å². The lowest BCUT2D eigenvalue weighted by molar-refractivity contribution is -0.139. The number of hydrazone groups is 1. The summed E-state index contributed by atoms with van der Waals surface area (Å²) in [5, 5.41) is 9.28. The molecule has 1 heterocycles. The average molecular weight is 539 g/mol. The number of esters is 1. The Balaban J connectivity index is 1.61. The van der Waals surface area contributed by atoms with Crippen LogP contribution in [0.4, 0.5) is 4.79 Å². The van der Waals surface area contributed by atoms with Crippen molar-refractivity contribution in [3.63, 3.8) is 0 Å². The van der Waals surface area contributed by atoms with Gasteiger partial charge in [-0.25, -0.2) is 15.0 Å². The van der Waals surface area contributed by atoms with E-state index >= 15 is 0 Å². The number of hydrogen-bond donors (Lipinski definition) is 3. The van der Waals surface area contributed by atoms with Gasteiger partial charge in [-0.3, -0.25) is 4.79 Å². The van der Waals surface area contributed by atoms with Crippen LogP contribution < -0.4 is 30.3 Å². The minimum absolute atomic E-state index is 0.132. The highest BCUT2D eigenvalue weighted by molar-refractivity contribution is 5.95. The molecule has 3 rings (SSSR count). The number of allylic oxidation sites excluding steroid dienone is 1. The predicted octanol–water partition coefficient (Wildman–Crippen LogP) is 3.59. The number of carbonyl (C=O) groups is 3. The van der Waals surface area contributed by atoms with E-state index in [4.69, 9.17) is 18.9 Å². The van der Waals surface area contributed by atoms with Gasteiger partial charge in [0.2, 0.25) is 0 Å². The van der Waals surface area contributed by atoms with E-state index in [1.807, 2.05) is 31.2 Å². The molecule has 0 unspecified atom stereocenters. The number of hydrogen-bond acceptors (Lipinski definition) is 8. The Morgan fingerprint density at radius 1 is 1.13 bits per heavy atom. The van der Waals surface area contributed by atoms with E-state index < -0.39 is 23.9 Å². The van der Waals surface area contributed by atoms with Crippen molar-refractivity contribution in [1.29, 1.82) is 0 Å². The van der Waals surface area contributed by atoms with E-state index in [-0.39, 0.29) is 24.9 Å². The Labute approximate surface area is 227 Å². The Bertz CT molecular complexity index is 1240. The van der Waals surface area contributed by atoms with E-state index in [1.165, 1.54) is 13.3 Å². The van der Waals surface area contributed by atoms with Crippen molar-refractivity contribution in [2.75, 3.05) is 20.3 Å². The number of nitrogens with one attached hydrogen (secondary N) is 3. The summed E-state index contributed by atoms with van der Waals surface area (Å²) >= 11 is 0. The van der Waals surface area contributed by atoms with Gasteiger partial charge >= 0.3 is 12.0 Å². The van der Waals surface area contributed by atoms with Crippen molar-refractivity contribution in [3.05, 3.63) is 64.9 Å². The van der Waals surface area contributed by atoms with E-state index in [9.17, 15) is 14.4 Å². The number of amides is 3. The summed E-state index contributed by atoms with van der Waals surface area (Å²) in [7, 11) is 1.45. The maximum absolute atomic E-state index is 12.6. The Hall–Kier alpha value is -4.54. The summed E-state index contributed by atoms with van der Waals surface area (Å²) in [4.78, 5) is 36.9. The molecule has 3 amide bonds. The smallest absolute Gasteiger partial charge is 0.338 e. The van der Waals surface area contributed by atoms with E-state index in [0.29, 0.717) is 22.8 Å². The second-order valence-corrected chi connectivity index (χ2v) is 8.69. The number of nitrogens with zero attached hydrogens (tertiary/aromatic N) is 1. The summed E-state index contributed by atoms with van der Waals surface area (Å²) in [6.45, 7) is 7.27. The topological polar surface area (TPSA) is 137 Å². The highest BCUT2D eigenvalue weighted by Crippen LogP contribution is 2.34. The molecule has 0 saturated heterocycles. The van der Waals surface area contributed by atoms with Crippen molar-refractivity contribution in [2.45, 2.75) is 46.3 Å². The third-order valence-corrected chi connectivity index (χ3v) is 5.84. The summed E-state index contributed by atoms with van der Waals surface area (Å²) in [5.41, 5.74) is 4.46. The fourth-order valence-corrected chi connectivity index (χ4v) is 3.71. The van der Waals surface area contributed by atoms with Gasteiger partial charge in [0.25, 0.3) is 5.91 Å². The third kappa shape index (κ3) is 7.97. The molecule has 0 fully saturated rings. The molecule has 0 spiro atoms. The molecule has 0 aromatic heterocycles. The standard InChI is InChI=1S/C28H34N4O7/c1-6-17(3)39-21-11-8-19(9-12-21)15-29-32-24(33)16-38-22-13-10-20(14-23(22)36-5)26-25(27(34)37-7-2)18(4)30-28(35)31-26/h8-15,17,26H,6-7,16H2,1-5H3,(H,32,33)(H2,30,31,35)/b29-15-/t17-,26+/m0/s1. The number of rotatable bonds is 12. The minimum Gasteiger partial charge on any atom is -0.493 e. The van der Waals surface area contributed by atoms with Gasteiger partial charge in [0.05, 0.1) is 37.7 Å². The van der Waals surface area contributed by atoms with Crippen LogP contribution in [0.5, 0.6) is 17.2 Å². The highest BCUT2D eigenvalue weighted by Gasteiger charge is 2.32. The molecule has 2 aromatic carbocycles. The zero-order valence-electron chi connectivity index (χ0n) is 22.7. The molecule has 1 aliphatic rings. The maximum atomic E-state index is 12.6. The fraction of sp³-hybridized carbons (Fsp3) is 0.357. The summed E-state index contributed by atoms with van der Waals surface area (Å²) in [6.07, 6.45) is 2.56. The van der Waals surface area contributed by atoms with Gasteiger partial charge in [-0.1, -0.05) is 13.0 Å². The highest BCUT2D eigenvalue weighted by atomic mass is 16.5. The van der Waals surface area contributed by atoms with Crippen LogP contribution in [0.15, 0.2) is 58.8 Å². The first-order valence-electron chi connectivity index (χ1n) is 12.6. The molecular formula is C28H34N4O7. The second kappa shape index (κ2) is 13.8.